The van der Waals surface area contributed by atoms with E-state index < -0.39 is 0 Å². The van der Waals surface area contributed by atoms with Crippen LogP contribution in [0.4, 0.5) is 0 Å². The Morgan fingerprint density at radius 2 is 1.80 bits per heavy atom. The van der Waals surface area contributed by atoms with Crippen molar-refractivity contribution in [1.82, 2.24) is 0 Å². The Labute approximate surface area is 132 Å². The van der Waals surface area contributed by atoms with Crippen molar-refractivity contribution < 1.29 is 9.53 Å². The van der Waals surface area contributed by atoms with Gasteiger partial charge in [0, 0.05) is 11.4 Å². The Morgan fingerprint density at radius 1 is 1.05 bits per heavy atom. The molecule has 0 heterocycles. The summed E-state index contributed by atoms with van der Waals surface area (Å²) in [6.45, 7) is 0. The standard InChI is InChI=1S/C15H11Cl3O2/c1-20-15-5-3-10(16)8-11(15)14(19)7-9-2-4-12(17)13(18)6-9/h2-6,8H,7H2,1H3. The van der Waals surface area contributed by atoms with Gasteiger partial charge >= 0.3 is 0 Å². The molecule has 0 fully saturated rings. The number of hydrogen-bond donors (Lipinski definition) is 0. The smallest absolute Gasteiger partial charge is 0.171 e. The molecule has 0 aromatic heterocycles. The van der Waals surface area contributed by atoms with Crippen LogP contribution >= 0.6 is 34.8 Å². The first-order chi connectivity index (χ1) is 9.51. The van der Waals surface area contributed by atoms with E-state index in [1.165, 1.54) is 7.11 Å². The lowest BCUT2D eigenvalue weighted by atomic mass is 10.0. The summed E-state index contributed by atoms with van der Waals surface area (Å²) in [7, 11) is 1.51. The lowest BCUT2D eigenvalue weighted by molar-refractivity contribution is 0.0990. The van der Waals surface area contributed by atoms with Gasteiger partial charge < -0.3 is 4.74 Å². The van der Waals surface area contributed by atoms with Crippen LogP contribution in [-0.4, -0.2) is 12.9 Å². The summed E-state index contributed by atoms with van der Waals surface area (Å²) in [5, 5.41) is 1.38. The average Bonchev–Trinajstić information content (AvgIpc) is 2.43. The molecule has 0 bridgehead atoms. The second kappa shape index (κ2) is 6.49. The fourth-order valence-electron chi connectivity index (χ4n) is 1.83. The van der Waals surface area contributed by atoms with Gasteiger partial charge in [-0.25, -0.2) is 0 Å². The van der Waals surface area contributed by atoms with E-state index in [9.17, 15) is 4.79 Å². The van der Waals surface area contributed by atoms with Gasteiger partial charge in [-0.2, -0.15) is 0 Å². The van der Waals surface area contributed by atoms with Gasteiger partial charge in [0.1, 0.15) is 5.75 Å². The monoisotopic (exact) mass is 328 g/mol. The number of benzene rings is 2. The van der Waals surface area contributed by atoms with Gasteiger partial charge in [-0.3, -0.25) is 4.79 Å². The minimum Gasteiger partial charge on any atom is -0.496 e. The molecule has 0 spiro atoms. The van der Waals surface area contributed by atoms with Gasteiger partial charge in [0.25, 0.3) is 0 Å². The molecule has 0 amide bonds. The molecule has 0 atom stereocenters. The van der Waals surface area contributed by atoms with E-state index in [2.05, 4.69) is 0 Å². The second-order valence-electron chi connectivity index (χ2n) is 4.19. The first-order valence-corrected chi connectivity index (χ1v) is 6.95. The Hall–Kier alpha value is -1.22. The van der Waals surface area contributed by atoms with Crippen LogP contribution in [-0.2, 0) is 6.42 Å². The maximum Gasteiger partial charge on any atom is 0.171 e. The zero-order chi connectivity index (χ0) is 14.7. The van der Waals surface area contributed by atoms with Gasteiger partial charge in [0.15, 0.2) is 5.78 Å². The molecule has 0 unspecified atom stereocenters. The van der Waals surface area contributed by atoms with E-state index in [1.54, 1.807) is 36.4 Å². The van der Waals surface area contributed by atoms with Gasteiger partial charge in [-0.05, 0) is 35.9 Å². The number of carbonyl (C=O) groups excluding carboxylic acids is 1. The molecule has 0 radical (unpaired) electrons. The number of ether oxygens (including phenoxy) is 1. The summed E-state index contributed by atoms with van der Waals surface area (Å²) in [4.78, 5) is 12.3. The number of halogens is 3. The highest BCUT2D eigenvalue weighted by molar-refractivity contribution is 6.42. The topological polar surface area (TPSA) is 26.3 Å². The van der Waals surface area contributed by atoms with Gasteiger partial charge in [0.2, 0.25) is 0 Å². The summed E-state index contributed by atoms with van der Waals surface area (Å²) < 4.78 is 5.18. The lowest BCUT2D eigenvalue weighted by Crippen LogP contribution is -2.06. The third kappa shape index (κ3) is 3.45. The number of methoxy groups -OCH3 is 1. The van der Waals surface area contributed by atoms with E-state index >= 15 is 0 Å². The molecular formula is C15H11Cl3O2. The summed E-state index contributed by atoms with van der Waals surface area (Å²) in [5.74, 6) is 0.405. The molecule has 0 aliphatic rings. The molecule has 0 N–H and O–H groups in total. The molecule has 104 valence electrons. The fourth-order valence-corrected chi connectivity index (χ4v) is 2.32. The normalized spacial score (nSPS) is 10.4. The molecule has 0 saturated heterocycles. The third-order valence-electron chi connectivity index (χ3n) is 2.81. The van der Waals surface area contributed by atoms with Crippen LogP contribution in [0.3, 0.4) is 0 Å². The van der Waals surface area contributed by atoms with Gasteiger partial charge in [0.05, 0.1) is 22.7 Å². The molecule has 2 aromatic rings. The zero-order valence-corrected chi connectivity index (χ0v) is 12.9. The molecular weight excluding hydrogens is 319 g/mol. The summed E-state index contributed by atoms with van der Waals surface area (Å²) in [6.07, 6.45) is 0.202. The van der Waals surface area contributed by atoms with Crippen LogP contribution in [0.15, 0.2) is 36.4 Å². The van der Waals surface area contributed by atoms with Crippen molar-refractivity contribution in [3.05, 3.63) is 62.6 Å². The summed E-state index contributed by atoms with van der Waals surface area (Å²) >= 11 is 17.7. The molecule has 20 heavy (non-hydrogen) atoms. The van der Waals surface area contributed by atoms with E-state index in [1.807, 2.05) is 0 Å². The van der Waals surface area contributed by atoms with Crippen molar-refractivity contribution in [1.29, 1.82) is 0 Å². The minimum atomic E-state index is -0.0947. The number of carbonyl (C=O) groups is 1. The summed E-state index contributed by atoms with van der Waals surface area (Å²) in [5.41, 5.74) is 1.23. The van der Waals surface area contributed by atoms with Gasteiger partial charge in [-0.1, -0.05) is 40.9 Å². The van der Waals surface area contributed by atoms with Crippen molar-refractivity contribution >= 4 is 40.6 Å². The molecule has 0 aliphatic heterocycles. The fraction of sp³-hybridized carbons (Fsp3) is 0.133. The van der Waals surface area contributed by atoms with Crippen LogP contribution in [0.1, 0.15) is 15.9 Å². The maximum absolute atomic E-state index is 12.3. The zero-order valence-electron chi connectivity index (χ0n) is 10.6. The predicted molar refractivity (Wildman–Crippen MR) is 82.5 cm³/mol. The van der Waals surface area contributed by atoms with Crippen LogP contribution < -0.4 is 4.74 Å². The van der Waals surface area contributed by atoms with E-state index in [0.717, 1.165) is 5.56 Å². The lowest BCUT2D eigenvalue weighted by Gasteiger charge is -2.08. The second-order valence-corrected chi connectivity index (χ2v) is 5.44. The van der Waals surface area contributed by atoms with E-state index in [-0.39, 0.29) is 12.2 Å². The largest absolute Gasteiger partial charge is 0.496 e. The molecule has 0 saturated carbocycles. The predicted octanol–water partition coefficient (Wildman–Crippen LogP) is 5.08. The van der Waals surface area contributed by atoms with Crippen molar-refractivity contribution in [3.8, 4) is 5.75 Å². The molecule has 2 nitrogen and oxygen atoms in total. The van der Waals surface area contributed by atoms with Crippen molar-refractivity contribution in [2.24, 2.45) is 0 Å². The Kier molecular flexibility index (Phi) is 4.92. The third-order valence-corrected chi connectivity index (χ3v) is 3.78. The minimum absolute atomic E-state index is 0.0947. The first-order valence-electron chi connectivity index (χ1n) is 5.82. The highest BCUT2D eigenvalue weighted by Gasteiger charge is 2.14. The van der Waals surface area contributed by atoms with E-state index in [0.29, 0.717) is 26.4 Å². The maximum atomic E-state index is 12.3. The van der Waals surface area contributed by atoms with Crippen molar-refractivity contribution in [3.63, 3.8) is 0 Å². The average molecular weight is 330 g/mol. The summed E-state index contributed by atoms with van der Waals surface area (Å²) in [6, 6.07) is 10.1. The highest BCUT2D eigenvalue weighted by Crippen LogP contribution is 2.26. The van der Waals surface area contributed by atoms with Crippen LogP contribution in [0, 0.1) is 0 Å². The molecule has 2 aromatic carbocycles. The van der Waals surface area contributed by atoms with Crippen LogP contribution in [0.25, 0.3) is 0 Å². The van der Waals surface area contributed by atoms with Crippen LogP contribution in [0.2, 0.25) is 15.1 Å². The number of ketones is 1. The Morgan fingerprint density at radius 3 is 2.45 bits per heavy atom. The molecule has 0 aliphatic carbocycles. The Balaban J connectivity index is 2.27. The molecule has 5 heteroatoms. The quantitative estimate of drug-likeness (QED) is 0.731. The first kappa shape index (κ1) is 15.2. The number of rotatable bonds is 4. The highest BCUT2D eigenvalue weighted by atomic mass is 35.5. The van der Waals surface area contributed by atoms with Gasteiger partial charge in [-0.15, -0.1) is 0 Å². The van der Waals surface area contributed by atoms with Crippen molar-refractivity contribution in [2.75, 3.05) is 7.11 Å². The number of Topliss-reactive ketones (excluding diaryl/α,β-unsaturated/α-hetero) is 1. The van der Waals surface area contributed by atoms with E-state index in [4.69, 9.17) is 39.5 Å². The number of hydrogen-bond acceptors (Lipinski definition) is 2. The SMILES string of the molecule is COc1ccc(Cl)cc1C(=O)Cc1ccc(Cl)c(Cl)c1. The molecule has 2 rings (SSSR count). The van der Waals surface area contributed by atoms with Crippen molar-refractivity contribution in [2.45, 2.75) is 6.42 Å². The Bertz CT molecular complexity index is 654. The van der Waals surface area contributed by atoms with Crippen LogP contribution in [0.5, 0.6) is 5.75 Å².